The molecule has 0 atom stereocenters. The number of methoxy groups -OCH3 is 2. The van der Waals surface area contributed by atoms with Crippen LogP contribution in [0.1, 0.15) is 129 Å². The van der Waals surface area contributed by atoms with Gasteiger partial charge in [-0.3, -0.25) is 14.4 Å². The van der Waals surface area contributed by atoms with E-state index in [4.69, 9.17) is 14.6 Å². The molecule has 452 valence electrons. The van der Waals surface area contributed by atoms with E-state index in [0.29, 0.717) is 32.7 Å². The fourth-order valence-electron chi connectivity index (χ4n) is 7.76. The first-order chi connectivity index (χ1) is 41.9. The molecule has 0 spiro atoms. The van der Waals surface area contributed by atoms with Crippen LogP contribution in [0.25, 0.3) is 42.5 Å². The number of carbonyl (C=O) groups excluding carboxylic acids is 5. The average molecular weight is 1250 g/mol. The number of benzene rings is 8. The van der Waals surface area contributed by atoms with E-state index in [-0.39, 0.29) is 34.8 Å². The number of carbonyl (C=O) groups is 7. The zero-order valence-electron chi connectivity index (χ0n) is 50.9. The summed E-state index contributed by atoms with van der Waals surface area (Å²) in [6.45, 7) is 17.8. The van der Waals surface area contributed by atoms with Gasteiger partial charge in [-0.2, -0.15) is 0 Å². The van der Waals surface area contributed by atoms with Gasteiger partial charge in [-0.1, -0.05) is 209 Å². The highest BCUT2D eigenvalue weighted by atomic mass is 79.9. The van der Waals surface area contributed by atoms with E-state index in [9.17, 15) is 38.7 Å². The monoisotopic (exact) mass is 1250 g/mol. The fourth-order valence-corrected chi connectivity index (χ4v) is 8.12. The first kappa shape index (κ1) is 70.0. The van der Waals surface area contributed by atoms with Crippen molar-refractivity contribution in [1.29, 1.82) is 0 Å². The van der Waals surface area contributed by atoms with Crippen molar-refractivity contribution >= 4 is 117 Å². The summed E-state index contributed by atoms with van der Waals surface area (Å²) in [5, 5.41) is 25.7. The number of aromatic carboxylic acids is 2. The van der Waals surface area contributed by atoms with E-state index in [0.717, 1.165) is 38.9 Å². The number of aryl methyl sites for hydroxylation is 5. The Morgan fingerprint density at radius 3 is 0.989 bits per heavy atom. The first-order valence-corrected chi connectivity index (χ1v) is 28.2. The molecular weight excluding hydrogens is 1170 g/mol. The van der Waals surface area contributed by atoms with E-state index in [1.54, 1.807) is 30.3 Å². The summed E-state index contributed by atoms with van der Waals surface area (Å²) in [7, 11) is 2.71. The van der Waals surface area contributed by atoms with Crippen LogP contribution in [-0.2, 0) is 23.9 Å². The molecule has 0 saturated heterocycles. The Kier molecular flexibility index (Phi) is 28.4. The molecule has 0 aliphatic heterocycles. The van der Waals surface area contributed by atoms with E-state index in [1.165, 1.54) is 81.0 Å². The van der Waals surface area contributed by atoms with Gasteiger partial charge in [-0.05, 0) is 128 Å². The summed E-state index contributed by atoms with van der Waals surface area (Å²) in [6, 6.07) is 53.3. The fraction of sp³-hybridized carbons (Fsp3) is 0.137. The SMILES string of the molecule is C=Cc1ccc(C)cc1.CC(=O)Nc1ccc(/C=C/c2ccc(C)cc2)cc1C(=O)O.CC(=O)Nc1ccc(Br)cc1C(=O)O.COC(=O)c1cc(/C=C/c2ccc(C)cc2)ccc1C.COC(=O)c1cc(/C=C/c2ccc(C)cc2)ccc1NC(C)=O. The number of halogens is 1. The molecule has 0 unspecified atom stereocenters. The second-order valence-electron chi connectivity index (χ2n) is 19.9. The van der Waals surface area contributed by atoms with Gasteiger partial charge in [0.25, 0.3) is 0 Å². The molecule has 3 amide bonds. The molecule has 0 aliphatic rings. The average Bonchev–Trinajstić information content (AvgIpc) is 3.71. The van der Waals surface area contributed by atoms with Crippen LogP contribution in [0.15, 0.2) is 181 Å². The molecular formula is C73H72BrN3O11. The number of hydrogen-bond acceptors (Lipinski definition) is 9. The van der Waals surface area contributed by atoms with Crippen molar-refractivity contribution in [3.63, 3.8) is 0 Å². The van der Waals surface area contributed by atoms with Crippen LogP contribution in [0.3, 0.4) is 0 Å². The van der Waals surface area contributed by atoms with Crippen LogP contribution in [-0.4, -0.2) is 66.0 Å². The van der Waals surface area contributed by atoms with E-state index >= 15 is 0 Å². The largest absolute Gasteiger partial charge is 0.478 e. The zero-order valence-corrected chi connectivity index (χ0v) is 52.4. The van der Waals surface area contributed by atoms with Crippen molar-refractivity contribution in [2.24, 2.45) is 0 Å². The van der Waals surface area contributed by atoms with Crippen LogP contribution in [0.2, 0.25) is 0 Å². The molecule has 0 aliphatic carbocycles. The van der Waals surface area contributed by atoms with Crippen molar-refractivity contribution in [3.05, 3.63) is 270 Å². The Labute approximate surface area is 523 Å². The molecule has 8 rings (SSSR count). The van der Waals surface area contributed by atoms with Crippen molar-refractivity contribution in [2.75, 3.05) is 30.2 Å². The lowest BCUT2D eigenvalue weighted by Gasteiger charge is -2.09. The van der Waals surface area contributed by atoms with Gasteiger partial charge >= 0.3 is 23.9 Å². The van der Waals surface area contributed by atoms with E-state index < -0.39 is 17.9 Å². The third-order valence-corrected chi connectivity index (χ3v) is 13.0. The lowest BCUT2D eigenvalue weighted by Crippen LogP contribution is -2.12. The number of nitrogens with one attached hydrogen (secondary N) is 3. The molecule has 15 heteroatoms. The highest BCUT2D eigenvalue weighted by Crippen LogP contribution is 2.24. The maximum Gasteiger partial charge on any atom is 0.339 e. The summed E-state index contributed by atoms with van der Waals surface area (Å²) in [4.78, 5) is 78.7. The van der Waals surface area contributed by atoms with Crippen molar-refractivity contribution in [3.8, 4) is 0 Å². The van der Waals surface area contributed by atoms with Crippen molar-refractivity contribution in [1.82, 2.24) is 0 Å². The van der Waals surface area contributed by atoms with Crippen LogP contribution in [0.5, 0.6) is 0 Å². The summed E-state index contributed by atoms with van der Waals surface area (Å²) in [6.07, 6.45) is 13.5. The van der Waals surface area contributed by atoms with Crippen LogP contribution in [0.4, 0.5) is 17.1 Å². The lowest BCUT2D eigenvalue weighted by atomic mass is 10.0. The van der Waals surface area contributed by atoms with E-state index in [1.807, 2.05) is 136 Å². The Bertz CT molecular complexity index is 3830. The molecule has 0 saturated carbocycles. The number of carboxylic acids is 2. The number of carboxylic acid groups (broad SMARTS) is 2. The molecule has 0 radical (unpaired) electrons. The molecule has 0 bridgehead atoms. The first-order valence-electron chi connectivity index (χ1n) is 27.5. The second-order valence-corrected chi connectivity index (χ2v) is 20.8. The lowest BCUT2D eigenvalue weighted by molar-refractivity contribution is -0.115. The molecule has 88 heavy (non-hydrogen) atoms. The minimum atomic E-state index is -1.07. The topological polar surface area (TPSA) is 214 Å². The highest BCUT2D eigenvalue weighted by molar-refractivity contribution is 9.10. The number of anilines is 3. The third kappa shape index (κ3) is 24.6. The Balaban J connectivity index is 0.000000242. The van der Waals surface area contributed by atoms with Gasteiger partial charge in [-0.15, -0.1) is 0 Å². The Morgan fingerprint density at radius 2 is 0.648 bits per heavy atom. The summed E-state index contributed by atoms with van der Waals surface area (Å²) in [5.41, 5.74) is 15.0. The van der Waals surface area contributed by atoms with Crippen LogP contribution < -0.4 is 16.0 Å². The predicted molar refractivity (Wildman–Crippen MR) is 359 cm³/mol. The van der Waals surface area contributed by atoms with Gasteiger partial charge in [0.2, 0.25) is 17.7 Å². The summed E-state index contributed by atoms with van der Waals surface area (Å²) in [5.74, 6) is -3.77. The molecule has 5 N–H and O–H groups in total. The van der Waals surface area contributed by atoms with Gasteiger partial charge in [-0.25, -0.2) is 19.2 Å². The maximum atomic E-state index is 11.9. The predicted octanol–water partition coefficient (Wildman–Crippen LogP) is 16.7. The summed E-state index contributed by atoms with van der Waals surface area (Å²) >= 11 is 3.15. The molecule has 0 fully saturated rings. The Morgan fingerprint density at radius 1 is 0.375 bits per heavy atom. The molecule has 14 nitrogen and oxygen atoms in total. The number of esters is 2. The number of hydrogen-bond donors (Lipinski definition) is 5. The van der Waals surface area contributed by atoms with E-state index in [2.05, 4.69) is 101 Å². The highest BCUT2D eigenvalue weighted by Gasteiger charge is 2.15. The number of ether oxygens (including phenoxy) is 2. The summed E-state index contributed by atoms with van der Waals surface area (Å²) < 4.78 is 10.2. The smallest absolute Gasteiger partial charge is 0.339 e. The zero-order chi connectivity index (χ0) is 64.9. The number of rotatable bonds is 14. The Hall–Kier alpha value is -10.5. The normalized spacial score (nSPS) is 10.3. The van der Waals surface area contributed by atoms with Gasteiger partial charge in [0.15, 0.2) is 0 Å². The molecule has 0 heterocycles. The second kappa shape index (κ2) is 35.7. The standard InChI is InChI=1S/C19H19NO3.C18H17NO3.C18H18O2.C9H8BrNO3.C9H10/c1-13-4-6-15(7-5-13)8-9-16-10-11-18(20-14(2)21)17(12-16)19(22)23-3;1-12-3-5-14(6-4-12)7-8-15-9-10-17(19-13(2)20)16(11-15)18(21)22;1-13-4-7-15(8-5-13)10-11-16-9-6-14(2)17(12-16)18(19)20-3;1-5(12)11-8-3-2-6(10)4-7(8)9(13)14;1-3-9-6-4-8(2)5-7-9/h4-12H,1-3H3,(H,20,21);3-11H,1-2H3,(H,19,20)(H,21,22);4-12H,1-3H3;2-4H,1H3,(H,11,12)(H,13,14);3-7H,1H2,2H3/b9-8+;8-7+;11-10+;;. The molecule has 0 aromatic heterocycles. The number of amides is 3. The quantitative estimate of drug-likeness (QED) is 0.0510. The minimum absolute atomic E-state index is 0.0644. The third-order valence-electron chi connectivity index (χ3n) is 12.5. The van der Waals surface area contributed by atoms with Gasteiger partial charge in [0, 0.05) is 25.2 Å². The minimum Gasteiger partial charge on any atom is -0.478 e. The molecule has 8 aromatic rings. The molecule has 8 aromatic carbocycles. The van der Waals surface area contributed by atoms with Gasteiger partial charge in [0.05, 0.1) is 53.5 Å². The van der Waals surface area contributed by atoms with Crippen molar-refractivity contribution in [2.45, 2.75) is 55.4 Å². The van der Waals surface area contributed by atoms with Crippen molar-refractivity contribution < 1.29 is 53.2 Å². The van der Waals surface area contributed by atoms with Gasteiger partial charge < -0.3 is 35.6 Å². The maximum absolute atomic E-state index is 11.9. The van der Waals surface area contributed by atoms with Crippen LogP contribution >= 0.6 is 15.9 Å². The van der Waals surface area contributed by atoms with Gasteiger partial charge in [0.1, 0.15) is 0 Å². The van der Waals surface area contributed by atoms with Crippen LogP contribution in [0, 0.1) is 34.6 Å².